The molecule has 1 atom stereocenters. The Morgan fingerprint density at radius 3 is 2.29 bits per heavy atom. The minimum Gasteiger partial charge on any atom is -0.396 e. The zero-order valence-electron chi connectivity index (χ0n) is 13.5. The fourth-order valence-electron chi connectivity index (χ4n) is 2.82. The van der Waals surface area contributed by atoms with Crippen molar-refractivity contribution in [3.8, 4) is 0 Å². The molecule has 0 aromatic heterocycles. The summed E-state index contributed by atoms with van der Waals surface area (Å²) >= 11 is 3.51. The lowest BCUT2D eigenvalue weighted by atomic mass is 9.94. The normalized spacial score (nSPS) is 12.5. The van der Waals surface area contributed by atoms with Crippen molar-refractivity contribution >= 4 is 15.9 Å². The molecule has 0 radical (unpaired) electrons. The first kappa shape index (κ1) is 18.7. The number of benzene rings is 1. The molecule has 1 N–H and O–H groups in total. The van der Waals surface area contributed by atoms with Crippen LogP contribution in [0.15, 0.2) is 28.7 Å². The summed E-state index contributed by atoms with van der Waals surface area (Å²) in [5.41, 5.74) is 1.32. The number of halogens is 1. The molecular weight excluding hydrogens is 324 g/mol. The third kappa shape index (κ3) is 9.31. The van der Waals surface area contributed by atoms with Gasteiger partial charge in [0.25, 0.3) is 0 Å². The summed E-state index contributed by atoms with van der Waals surface area (Å²) in [6.45, 7) is 2.57. The fraction of sp³-hybridized carbons (Fsp3) is 0.684. The number of hydrogen-bond acceptors (Lipinski definition) is 1. The number of unbranched alkanes of at least 4 members (excludes halogenated alkanes) is 7. The molecule has 120 valence electrons. The van der Waals surface area contributed by atoms with E-state index in [9.17, 15) is 5.11 Å². The highest BCUT2D eigenvalue weighted by Gasteiger charge is 2.08. The average molecular weight is 355 g/mol. The van der Waals surface area contributed by atoms with Crippen molar-refractivity contribution in [2.75, 3.05) is 6.61 Å². The van der Waals surface area contributed by atoms with E-state index in [4.69, 9.17) is 0 Å². The average Bonchev–Trinajstić information content (AvgIpc) is 2.48. The van der Waals surface area contributed by atoms with Crippen LogP contribution in [0.4, 0.5) is 0 Å². The molecule has 1 unspecified atom stereocenters. The topological polar surface area (TPSA) is 20.2 Å². The van der Waals surface area contributed by atoms with E-state index in [2.05, 4.69) is 47.1 Å². The molecule has 0 bridgehead atoms. The van der Waals surface area contributed by atoms with E-state index in [1.807, 2.05) is 0 Å². The predicted octanol–water partition coefficient (Wildman–Crippen LogP) is 6.13. The van der Waals surface area contributed by atoms with Crippen LogP contribution in [-0.2, 0) is 6.42 Å². The molecule has 1 aromatic carbocycles. The lowest BCUT2D eigenvalue weighted by Gasteiger charge is -2.14. The van der Waals surface area contributed by atoms with Crippen LogP contribution >= 0.6 is 15.9 Å². The van der Waals surface area contributed by atoms with Gasteiger partial charge in [0.1, 0.15) is 0 Å². The lowest BCUT2D eigenvalue weighted by molar-refractivity contribution is 0.214. The smallest absolute Gasteiger partial charge is 0.0462 e. The Morgan fingerprint density at radius 2 is 1.67 bits per heavy atom. The highest BCUT2D eigenvalue weighted by molar-refractivity contribution is 9.10. The van der Waals surface area contributed by atoms with Crippen LogP contribution in [0.3, 0.4) is 0 Å². The predicted molar refractivity (Wildman–Crippen MR) is 95.6 cm³/mol. The second kappa shape index (κ2) is 12.2. The van der Waals surface area contributed by atoms with E-state index >= 15 is 0 Å². The Kier molecular flexibility index (Phi) is 10.9. The van der Waals surface area contributed by atoms with Gasteiger partial charge in [-0.15, -0.1) is 0 Å². The van der Waals surface area contributed by atoms with Crippen LogP contribution in [0.25, 0.3) is 0 Å². The number of hydrogen-bond donors (Lipinski definition) is 1. The summed E-state index contributed by atoms with van der Waals surface area (Å²) in [5.74, 6) is 0.416. The first-order valence-electron chi connectivity index (χ1n) is 8.61. The molecular formula is C19H31BrO. The van der Waals surface area contributed by atoms with Crippen LogP contribution in [0.1, 0.15) is 70.3 Å². The molecule has 0 spiro atoms. The first-order chi connectivity index (χ1) is 10.3. The summed E-state index contributed by atoms with van der Waals surface area (Å²) in [6.07, 6.45) is 13.0. The van der Waals surface area contributed by atoms with Gasteiger partial charge in [-0.3, -0.25) is 0 Å². The molecule has 1 rings (SSSR count). The third-order valence-electron chi connectivity index (χ3n) is 4.14. The maximum absolute atomic E-state index is 9.54. The Bertz CT molecular complexity index is 364. The molecule has 0 saturated heterocycles. The van der Waals surface area contributed by atoms with E-state index in [-0.39, 0.29) is 0 Å². The molecule has 2 heteroatoms. The fourth-order valence-corrected chi connectivity index (χ4v) is 3.27. The van der Waals surface area contributed by atoms with Crippen LogP contribution in [0, 0.1) is 5.92 Å². The molecule has 0 aliphatic heterocycles. The summed E-state index contributed by atoms with van der Waals surface area (Å²) in [6, 6.07) is 8.44. The van der Waals surface area contributed by atoms with Gasteiger partial charge < -0.3 is 5.11 Å². The van der Waals surface area contributed by atoms with Crippen molar-refractivity contribution in [2.24, 2.45) is 5.92 Å². The van der Waals surface area contributed by atoms with Gasteiger partial charge in [-0.25, -0.2) is 0 Å². The quantitative estimate of drug-likeness (QED) is 0.447. The molecule has 0 aliphatic carbocycles. The molecule has 0 amide bonds. The molecule has 0 heterocycles. The van der Waals surface area contributed by atoms with Crippen molar-refractivity contribution in [1.82, 2.24) is 0 Å². The number of rotatable bonds is 12. The Morgan fingerprint density at radius 1 is 1.00 bits per heavy atom. The van der Waals surface area contributed by atoms with E-state index in [1.165, 1.54) is 56.9 Å². The Labute approximate surface area is 139 Å². The van der Waals surface area contributed by atoms with Gasteiger partial charge >= 0.3 is 0 Å². The monoisotopic (exact) mass is 354 g/mol. The standard InChI is InChI=1S/C19H31BrO/c1-2-3-4-5-6-7-8-9-11-18(16-21)14-17-12-10-13-19(20)15-17/h10,12-13,15,18,21H,2-9,11,14,16H2,1H3. The maximum atomic E-state index is 9.54. The zero-order chi connectivity index (χ0) is 15.3. The van der Waals surface area contributed by atoms with E-state index in [0.29, 0.717) is 12.5 Å². The second-order valence-corrected chi connectivity index (χ2v) is 7.06. The van der Waals surface area contributed by atoms with Crippen LogP contribution < -0.4 is 0 Å². The first-order valence-corrected chi connectivity index (χ1v) is 9.40. The lowest BCUT2D eigenvalue weighted by Crippen LogP contribution is -2.09. The van der Waals surface area contributed by atoms with Gasteiger partial charge in [0.05, 0.1) is 0 Å². The van der Waals surface area contributed by atoms with Gasteiger partial charge in [-0.1, -0.05) is 86.4 Å². The van der Waals surface area contributed by atoms with Gasteiger partial charge in [-0.2, -0.15) is 0 Å². The van der Waals surface area contributed by atoms with Crippen LogP contribution in [0.2, 0.25) is 0 Å². The SMILES string of the molecule is CCCCCCCCCCC(CO)Cc1cccc(Br)c1. The molecule has 21 heavy (non-hydrogen) atoms. The van der Waals surface area contributed by atoms with E-state index < -0.39 is 0 Å². The largest absolute Gasteiger partial charge is 0.396 e. The minimum atomic E-state index is 0.309. The molecule has 0 saturated carbocycles. The summed E-state index contributed by atoms with van der Waals surface area (Å²) in [7, 11) is 0. The van der Waals surface area contributed by atoms with Crippen molar-refractivity contribution in [2.45, 2.75) is 71.1 Å². The van der Waals surface area contributed by atoms with Gasteiger partial charge in [0, 0.05) is 11.1 Å². The molecule has 0 aliphatic rings. The molecule has 0 fully saturated rings. The van der Waals surface area contributed by atoms with Crippen molar-refractivity contribution in [1.29, 1.82) is 0 Å². The summed E-state index contributed by atoms with van der Waals surface area (Å²) in [5, 5.41) is 9.54. The maximum Gasteiger partial charge on any atom is 0.0462 e. The van der Waals surface area contributed by atoms with E-state index in [1.54, 1.807) is 0 Å². The summed E-state index contributed by atoms with van der Waals surface area (Å²) < 4.78 is 1.13. The van der Waals surface area contributed by atoms with Crippen LogP contribution in [-0.4, -0.2) is 11.7 Å². The van der Waals surface area contributed by atoms with Crippen molar-refractivity contribution < 1.29 is 5.11 Å². The number of aliphatic hydroxyl groups is 1. The van der Waals surface area contributed by atoms with Gasteiger partial charge in [0.15, 0.2) is 0 Å². The second-order valence-electron chi connectivity index (χ2n) is 6.15. The Balaban J connectivity index is 2.11. The highest BCUT2D eigenvalue weighted by Crippen LogP contribution is 2.19. The van der Waals surface area contributed by atoms with Crippen molar-refractivity contribution in [3.05, 3.63) is 34.3 Å². The summed E-state index contributed by atoms with van der Waals surface area (Å²) in [4.78, 5) is 0. The van der Waals surface area contributed by atoms with Gasteiger partial charge in [-0.05, 0) is 36.5 Å². The van der Waals surface area contributed by atoms with E-state index in [0.717, 1.165) is 17.3 Å². The van der Waals surface area contributed by atoms with Gasteiger partial charge in [0.2, 0.25) is 0 Å². The molecule has 1 nitrogen and oxygen atoms in total. The number of aliphatic hydroxyl groups excluding tert-OH is 1. The zero-order valence-corrected chi connectivity index (χ0v) is 15.1. The third-order valence-corrected chi connectivity index (χ3v) is 4.63. The molecule has 1 aromatic rings. The highest BCUT2D eigenvalue weighted by atomic mass is 79.9. The Hall–Kier alpha value is -0.340. The van der Waals surface area contributed by atoms with Crippen molar-refractivity contribution in [3.63, 3.8) is 0 Å². The minimum absolute atomic E-state index is 0.309. The van der Waals surface area contributed by atoms with Crippen LogP contribution in [0.5, 0.6) is 0 Å².